The van der Waals surface area contributed by atoms with Crippen LogP contribution in [0, 0.1) is 41.4 Å². The summed E-state index contributed by atoms with van der Waals surface area (Å²) in [5, 5.41) is 20.8. The first kappa shape index (κ1) is 19.5. The van der Waals surface area contributed by atoms with Crippen molar-refractivity contribution in [2.75, 3.05) is 7.11 Å². The molecule has 2 N–H and O–H groups in total. The fraction of sp³-hybridized carbons (Fsp3) is 0.773. The highest BCUT2D eigenvalue weighted by atomic mass is 16.5. The number of allylic oxidation sites excluding steroid dienone is 2. The first-order chi connectivity index (χ1) is 12.5. The van der Waals surface area contributed by atoms with Gasteiger partial charge in [-0.2, -0.15) is 0 Å². The minimum atomic E-state index is -0.546. The summed E-state index contributed by atoms with van der Waals surface area (Å²) in [6.45, 7) is 2.20. The Kier molecular flexibility index (Phi) is 6.42. The molecule has 4 heteroatoms. The maximum absolute atomic E-state index is 11.3. The number of methoxy groups -OCH3 is 1. The molecular weight excluding hydrogens is 328 g/mol. The van der Waals surface area contributed by atoms with Gasteiger partial charge in [0.1, 0.15) is 6.10 Å². The summed E-state index contributed by atoms with van der Waals surface area (Å²) in [7, 11) is 1.42. The van der Waals surface area contributed by atoms with Gasteiger partial charge in [0, 0.05) is 6.42 Å². The number of ether oxygens (including phenoxy) is 1. The van der Waals surface area contributed by atoms with Gasteiger partial charge in [-0.1, -0.05) is 43.3 Å². The summed E-state index contributed by atoms with van der Waals surface area (Å²) in [6, 6.07) is 0. The van der Waals surface area contributed by atoms with Gasteiger partial charge in [0.25, 0.3) is 0 Å². The molecule has 144 valence electrons. The molecule has 2 unspecified atom stereocenters. The fourth-order valence-electron chi connectivity index (χ4n) is 5.28. The zero-order valence-corrected chi connectivity index (χ0v) is 16.0. The van der Waals surface area contributed by atoms with Crippen LogP contribution in [0.4, 0.5) is 0 Å². The van der Waals surface area contributed by atoms with Gasteiger partial charge in [-0.3, -0.25) is 4.79 Å². The van der Waals surface area contributed by atoms with Crippen LogP contribution >= 0.6 is 0 Å². The molecule has 0 amide bonds. The molecule has 0 radical (unpaired) electrons. The van der Waals surface area contributed by atoms with Gasteiger partial charge in [0.2, 0.25) is 0 Å². The van der Waals surface area contributed by atoms with Gasteiger partial charge < -0.3 is 14.9 Å². The second kappa shape index (κ2) is 8.59. The Morgan fingerprint density at radius 1 is 1.31 bits per heavy atom. The minimum Gasteiger partial charge on any atom is -0.469 e. The third kappa shape index (κ3) is 4.00. The standard InChI is InChI=1S/C22H32O4/c1-14-16(8-5-9-21(25)26-2)17-10-13-20(24)18(22(14)17)11-12-19(23)15-6-3-4-7-15/h8,14-15,17-20,22-24H,3-7,9-10,13H2,1-2H3/t14?,17-,18+,19?,20-,22+/m0/s1. The number of rotatable bonds is 4. The van der Waals surface area contributed by atoms with Crippen LogP contribution in [-0.4, -0.2) is 35.5 Å². The highest BCUT2D eigenvalue weighted by Crippen LogP contribution is 2.55. The SMILES string of the molecule is COC(=O)CCC=C1C(C)[C@H]2[C@H](C#CC(O)C3CCCC3)[C@@H](O)CC[C@@H]12. The third-order valence-corrected chi connectivity index (χ3v) is 6.80. The average Bonchev–Trinajstić information content (AvgIpc) is 3.18. The second-order valence-corrected chi connectivity index (χ2v) is 8.24. The molecule has 0 aromatic rings. The van der Waals surface area contributed by atoms with Gasteiger partial charge in [-0.05, 0) is 55.8 Å². The van der Waals surface area contributed by atoms with Crippen LogP contribution in [-0.2, 0) is 9.53 Å². The Labute approximate surface area is 157 Å². The first-order valence-corrected chi connectivity index (χ1v) is 10.2. The molecule has 26 heavy (non-hydrogen) atoms. The van der Waals surface area contributed by atoms with E-state index in [2.05, 4.69) is 24.8 Å². The summed E-state index contributed by atoms with van der Waals surface area (Å²) in [5.41, 5.74) is 1.41. The lowest BCUT2D eigenvalue weighted by Gasteiger charge is -2.53. The Hall–Kier alpha value is -1.31. The van der Waals surface area contributed by atoms with Crippen molar-refractivity contribution in [2.45, 2.75) is 70.5 Å². The van der Waals surface area contributed by atoms with Crippen LogP contribution in [0.3, 0.4) is 0 Å². The van der Waals surface area contributed by atoms with E-state index in [0.29, 0.717) is 30.1 Å². The van der Waals surface area contributed by atoms with Crippen LogP contribution in [0.25, 0.3) is 0 Å². The first-order valence-electron chi connectivity index (χ1n) is 10.2. The van der Waals surface area contributed by atoms with Crippen LogP contribution < -0.4 is 0 Å². The number of aliphatic hydroxyl groups is 2. The van der Waals surface area contributed by atoms with Crippen LogP contribution in [0.15, 0.2) is 11.6 Å². The molecule has 0 bridgehead atoms. The van der Waals surface area contributed by atoms with Crippen molar-refractivity contribution in [1.29, 1.82) is 0 Å². The van der Waals surface area contributed by atoms with Crippen molar-refractivity contribution in [1.82, 2.24) is 0 Å². The normalized spacial score (nSPS) is 36.6. The molecule has 0 aromatic heterocycles. The largest absolute Gasteiger partial charge is 0.469 e. The molecule has 0 spiro atoms. The monoisotopic (exact) mass is 360 g/mol. The van der Waals surface area contributed by atoms with Crippen molar-refractivity contribution in [2.24, 2.45) is 29.6 Å². The van der Waals surface area contributed by atoms with E-state index >= 15 is 0 Å². The Morgan fingerprint density at radius 2 is 2.04 bits per heavy atom. The lowest BCUT2D eigenvalue weighted by atomic mass is 9.51. The zero-order valence-electron chi connectivity index (χ0n) is 16.0. The average molecular weight is 360 g/mol. The molecule has 0 heterocycles. The van der Waals surface area contributed by atoms with E-state index in [1.165, 1.54) is 25.5 Å². The molecule has 3 rings (SSSR count). The van der Waals surface area contributed by atoms with Gasteiger partial charge >= 0.3 is 5.97 Å². The molecule has 0 aliphatic heterocycles. The van der Waals surface area contributed by atoms with E-state index in [-0.39, 0.29) is 11.9 Å². The van der Waals surface area contributed by atoms with E-state index in [0.717, 1.165) is 32.1 Å². The summed E-state index contributed by atoms with van der Waals surface area (Å²) in [4.78, 5) is 11.3. The summed E-state index contributed by atoms with van der Waals surface area (Å²) < 4.78 is 4.70. The maximum atomic E-state index is 11.3. The predicted octanol–water partition coefficient (Wildman–Crippen LogP) is 3.07. The maximum Gasteiger partial charge on any atom is 0.305 e. The lowest BCUT2D eigenvalue weighted by molar-refractivity contribution is -0.140. The van der Waals surface area contributed by atoms with E-state index < -0.39 is 12.2 Å². The highest BCUT2D eigenvalue weighted by Gasteiger charge is 2.51. The van der Waals surface area contributed by atoms with Gasteiger partial charge in [0.05, 0.1) is 19.1 Å². The fourth-order valence-corrected chi connectivity index (χ4v) is 5.28. The molecule has 3 aliphatic rings. The number of esters is 1. The zero-order chi connectivity index (χ0) is 18.7. The summed E-state index contributed by atoms with van der Waals surface area (Å²) in [5.74, 6) is 7.65. The Balaban J connectivity index is 1.63. The summed E-state index contributed by atoms with van der Waals surface area (Å²) in [6.07, 6.45) is 8.67. The third-order valence-electron chi connectivity index (χ3n) is 6.80. The van der Waals surface area contributed by atoms with E-state index in [4.69, 9.17) is 4.74 Å². The smallest absolute Gasteiger partial charge is 0.305 e. The highest BCUT2D eigenvalue weighted by molar-refractivity contribution is 5.69. The van der Waals surface area contributed by atoms with E-state index in [1.807, 2.05) is 0 Å². The minimum absolute atomic E-state index is 0.0439. The van der Waals surface area contributed by atoms with E-state index in [9.17, 15) is 15.0 Å². The lowest BCUT2D eigenvalue weighted by Crippen LogP contribution is -2.50. The number of carbonyl (C=O) groups excluding carboxylic acids is 1. The number of hydrogen-bond acceptors (Lipinski definition) is 4. The molecule has 4 nitrogen and oxygen atoms in total. The Bertz CT molecular complexity index is 593. The quantitative estimate of drug-likeness (QED) is 0.459. The topological polar surface area (TPSA) is 66.8 Å². The molecular formula is C22H32O4. The van der Waals surface area contributed by atoms with Gasteiger partial charge in [-0.15, -0.1) is 0 Å². The van der Waals surface area contributed by atoms with Crippen LogP contribution in [0.5, 0.6) is 0 Å². The predicted molar refractivity (Wildman–Crippen MR) is 99.9 cm³/mol. The molecule has 3 aliphatic carbocycles. The van der Waals surface area contributed by atoms with Gasteiger partial charge in [-0.25, -0.2) is 0 Å². The van der Waals surface area contributed by atoms with Crippen molar-refractivity contribution in [3.63, 3.8) is 0 Å². The molecule has 0 aromatic carbocycles. The number of fused-ring (bicyclic) bond motifs is 1. The van der Waals surface area contributed by atoms with Gasteiger partial charge in [0.15, 0.2) is 0 Å². The molecule has 6 atom stereocenters. The molecule has 0 saturated heterocycles. The molecule has 3 saturated carbocycles. The number of carbonyl (C=O) groups is 1. The Morgan fingerprint density at radius 3 is 2.73 bits per heavy atom. The van der Waals surface area contributed by atoms with Crippen molar-refractivity contribution in [3.05, 3.63) is 11.6 Å². The number of hydrogen-bond donors (Lipinski definition) is 2. The van der Waals surface area contributed by atoms with Crippen LogP contribution in [0.2, 0.25) is 0 Å². The van der Waals surface area contributed by atoms with Crippen molar-refractivity contribution < 1.29 is 19.7 Å². The second-order valence-electron chi connectivity index (χ2n) is 8.24. The van der Waals surface area contributed by atoms with Crippen molar-refractivity contribution >= 4 is 5.97 Å². The number of aliphatic hydroxyl groups excluding tert-OH is 2. The summed E-state index contributed by atoms with van der Waals surface area (Å²) >= 11 is 0. The van der Waals surface area contributed by atoms with E-state index in [1.54, 1.807) is 0 Å². The van der Waals surface area contributed by atoms with Crippen molar-refractivity contribution in [3.8, 4) is 11.8 Å². The van der Waals surface area contributed by atoms with Crippen LogP contribution in [0.1, 0.15) is 58.3 Å². The molecule has 3 fully saturated rings.